The third-order valence-electron chi connectivity index (χ3n) is 1.71. The number of carbonyl (C=O) groups is 1. The fraction of sp³-hybridized carbons (Fsp3) is 0.429. The van der Waals surface area contributed by atoms with Crippen molar-refractivity contribution in [2.45, 2.75) is 12.5 Å². The zero-order valence-corrected chi connectivity index (χ0v) is 10.0. The lowest BCUT2D eigenvalue weighted by Crippen LogP contribution is -2.32. The summed E-state index contributed by atoms with van der Waals surface area (Å²) in [6.45, 7) is 0. The van der Waals surface area contributed by atoms with Gasteiger partial charge >= 0.3 is 5.97 Å². The highest BCUT2D eigenvalue weighted by Crippen LogP contribution is 2.01. The molecular formula is C7H12ClN3O4S. The molecule has 9 heteroatoms. The Morgan fingerprint density at radius 1 is 1.69 bits per heavy atom. The Labute approximate surface area is 98.7 Å². The van der Waals surface area contributed by atoms with E-state index < -0.39 is 22.0 Å². The largest absolute Gasteiger partial charge is 0.480 e. The van der Waals surface area contributed by atoms with Crippen molar-refractivity contribution in [3.8, 4) is 0 Å². The zero-order valence-electron chi connectivity index (χ0n) is 8.40. The van der Waals surface area contributed by atoms with Crippen LogP contribution < -0.4 is 5.73 Å². The summed E-state index contributed by atoms with van der Waals surface area (Å²) in [5.41, 5.74) is 5.60. The predicted octanol–water partition coefficient (Wildman–Crippen LogP) is -0.933. The van der Waals surface area contributed by atoms with Crippen LogP contribution in [0.1, 0.15) is 5.69 Å². The molecule has 1 atom stereocenters. The molecule has 0 aliphatic carbocycles. The molecule has 92 valence electrons. The van der Waals surface area contributed by atoms with Crippen LogP contribution >= 0.6 is 12.4 Å². The third kappa shape index (κ3) is 3.80. The van der Waals surface area contributed by atoms with Gasteiger partial charge in [-0.3, -0.25) is 4.79 Å². The first-order valence-corrected chi connectivity index (χ1v) is 5.89. The average Bonchev–Trinajstić information content (AvgIpc) is 2.51. The minimum absolute atomic E-state index is 0. The van der Waals surface area contributed by atoms with Gasteiger partial charge in [0, 0.05) is 12.6 Å². The van der Waals surface area contributed by atoms with Crippen LogP contribution in [0, 0.1) is 0 Å². The van der Waals surface area contributed by atoms with Crippen molar-refractivity contribution in [1.29, 1.82) is 0 Å². The Hall–Kier alpha value is -1.12. The molecule has 0 spiro atoms. The molecule has 1 rings (SSSR count). The summed E-state index contributed by atoms with van der Waals surface area (Å²) >= 11 is 0. The molecule has 0 amide bonds. The molecule has 1 aromatic heterocycles. The molecule has 16 heavy (non-hydrogen) atoms. The number of aromatic nitrogens is 2. The number of nitrogens with zero attached hydrogens (tertiary/aromatic N) is 2. The highest BCUT2D eigenvalue weighted by Gasteiger charge is 2.15. The average molecular weight is 270 g/mol. The molecule has 0 radical (unpaired) electrons. The van der Waals surface area contributed by atoms with Crippen LogP contribution in [0.5, 0.6) is 0 Å². The van der Waals surface area contributed by atoms with Gasteiger partial charge in [-0.2, -0.15) is 9.19 Å². The van der Waals surface area contributed by atoms with Gasteiger partial charge in [0.1, 0.15) is 6.04 Å². The van der Waals surface area contributed by atoms with Gasteiger partial charge in [-0.05, 0) is 6.07 Å². The van der Waals surface area contributed by atoms with E-state index in [9.17, 15) is 13.2 Å². The number of rotatable bonds is 4. The van der Waals surface area contributed by atoms with Gasteiger partial charge in [0.25, 0.3) is 10.0 Å². The van der Waals surface area contributed by atoms with E-state index >= 15 is 0 Å². The molecule has 0 unspecified atom stereocenters. The molecule has 0 bridgehead atoms. The van der Waals surface area contributed by atoms with Gasteiger partial charge in [-0.15, -0.1) is 12.4 Å². The number of carboxylic acid groups (broad SMARTS) is 1. The summed E-state index contributed by atoms with van der Waals surface area (Å²) in [7, 11) is -3.42. The van der Waals surface area contributed by atoms with E-state index in [4.69, 9.17) is 10.8 Å². The summed E-state index contributed by atoms with van der Waals surface area (Å²) in [6, 6.07) is 0.344. The normalized spacial score (nSPS) is 12.9. The predicted molar refractivity (Wildman–Crippen MR) is 59.0 cm³/mol. The van der Waals surface area contributed by atoms with Crippen molar-refractivity contribution >= 4 is 28.4 Å². The molecule has 1 heterocycles. The van der Waals surface area contributed by atoms with Gasteiger partial charge in [0.15, 0.2) is 0 Å². The second-order valence-electron chi connectivity index (χ2n) is 3.09. The summed E-state index contributed by atoms with van der Waals surface area (Å²) in [5, 5.41) is 12.2. The molecule has 0 fully saturated rings. The van der Waals surface area contributed by atoms with Crippen molar-refractivity contribution in [3.63, 3.8) is 0 Å². The van der Waals surface area contributed by atoms with Crippen molar-refractivity contribution < 1.29 is 18.3 Å². The number of halogens is 1. The number of nitrogens with two attached hydrogens (primary N) is 1. The smallest absolute Gasteiger partial charge is 0.320 e. The van der Waals surface area contributed by atoms with E-state index in [0.717, 1.165) is 10.3 Å². The molecular weight excluding hydrogens is 258 g/mol. The fourth-order valence-corrected chi connectivity index (χ4v) is 1.48. The van der Waals surface area contributed by atoms with Crippen LogP contribution in [0.2, 0.25) is 0 Å². The van der Waals surface area contributed by atoms with Crippen molar-refractivity contribution in [2.24, 2.45) is 5.73 Å². The molecule has 0 aliphatic heterocycles. The lowest BCUT2D eigenvalue weighted by atomic mass is 10.2. The maximum Gasteiger partial charge on any atom is 0.320 e. The highest BCUT2D eigenvalue weighted by atomic mass is 35.5. The Bertz CT molecular complexity index is 470. The quantitative estimate of drug-likeness (QED) is 0.729. The molecule has 0 aromatic carbocycles. The van der Waals surface area contributed by atoms with E-state index in [1.54, 1.807) is 0 Å². The number of hydrogen-bond acceptors (Lipinski definition) is 5. The number of aliphatic carboxylic acids is 1. The Balaban J connectivity index is 0.00000225. The van der Waals surface area contributed by atoms with Gasteiger partial charge in [0.2, 0.25) is 0 Å². The Kier molecular flexibility index (Phi) is 4.91. The molecule has 3 N–H and O–H groups in total. The first-order valence-electron chi connectivity index (χ1n) is 4.04. The fourth-order valence-electron chi connectivity index (χ4n) is 0.949. The minimum Gasteiger partial charge on any atom is -0.480 e. The van der Waals surface area contributed by atoms with Crippen LogP contribution in [0.15, 0.2) is 12.3 Å². The minimum atomic E-state index is -3.42. The van der Waals surface area contributed by atoms with Crippen LogP contribution in [-0.2, 0) is 21.2 Å². The van der Waals surface area contributed by atoms with Crippen molar-refractivity contribution in [2.75, 3.05) is 6.26 Å². The summed E-state index contributed by atoms with van der Waals surface area (Å²) in [5.74, 6) is -1.15. The van der Waals surface area contributed by atoms with E-state index in [1.165, 1.54) is 12.3 Å². The standard InChI is InChI=1S/C7H11N3O4S.ClH/c1-15(13,14)10-3-2-5(9-10)4-6(8)7(11)12;/h2-3,6H,4,8H2,1H3,(H,11,12);1H/t6-;/m0./s1. The van der Waals surface area contributed by atoms with Crippen LogP contribution in [-0.4, -0.2) is 41.0 Å². The van der Waals surface area contributed by atoms with E-state index in [2.05, 4.69) is 5.10 Å². The molecule has 1 aromatic rings. The number of carboxylic acids is 1. The van der Waals surface area contributed by atoms with Crippen molar-refractivity contribution in [1.82, 2.24) is 9.19 Å². The molecule has 7 nitrogen and oxygen atoms in total. The SMILES string of the molecule is CS(=O)(=O)n1ccc(C[C@H](N)C(=O)O)n1.Cl. The van der Waals surface area contributed by atoms with Crippen LogP contribution in [0.3, 0.4) is 0 Å². The maximum atomic E-state index is 11.0. The molecule has 0 aliphatic rings. The van der Waals surface area contributed by atoms with Crippen LogP contribution in [0.4, 0.5) is 0 Å². The lowest BCUT2D eigenvalue weighted by molar-refractivity contribution is -0.138. The van der Waals surface area contributed by atoms with Crippen LogP contribution in [0.25, 0.3) is 0 Å². The zero-order chi connectivity index (χ0) is 11.6. The number of hydrogen-bond donors (Lipinski definition) is 2. The van der Waals surface area contributed by atoms with Gasteiger partial charge in [0.05, 0.1) is 11.9 Å². The first kappa shape index (κ1) is 14.9. The molecule has 0 saturated carbocycles. The summed E-state index contributed by atoms with van der Waals surface area (Å²) in [4.78, 5) is 10.4. The lowest BCUT2D eigenvalue weighted by Gasteiger charge is -2.02. The second-order valence-corrected chi connectivity index (χ2v) is 4.93. The summed E-state index contributed by atoms with van der Waals surface area (Å²) < 4.78 is 22.8. The maximum absolute atomic E-state index is 11.0. The van der Waals surface area contributed by atoms with Crippen molar-refractivity contribution in [3.05, 3.63) is 18.0 Å². The van der Waals surface area contributed by atoms with Gasteiger partial charge in [-0.25, -0.2) is 8.42 Å². The second kappa shape index (κ2) is 5.28. The first-order chi connectivity index (χ1) is 6.80. The van der Waals surface area contributed by atoms with E-state index in [0.29, 0.717) is 5.69 Å². The Morgan fingerprint density at radius 2 is 2.25 bits per heavy atom. The highest BCUT2D eigenvalue weighted by molar-refractivity contribution is 7.89. The monoisotopic (exact) mass is 269 g/mol. The van der Waals surface area contributed by atoms with E-state index in [1.807, 2.05) is 0 Å². The van der Waals surface area contributed by atoms with E-state index in [-0.39, 0.29) is 18.8 Å². The summed E-state index contributed by atoms with van der Waals surface area (Å²) in [6.07, 6.45) is 2.25. The topological polar surface area (TPSA) is 115 Å². The molecule has 0 saturated heterocycles. The van der Waals surface area contributed by atoms with Gasteiger partial charge in [-0.1, -0.05) is 0 Å². The third-order valence-corrected chi connectivity index (χ3v) is 2.59. The Morgan fingerprint density at radius 3 is 2.62 bits per heavy atom. The van der Waals surface area contributed by atoms with Gasteiger partial charge < -0.3 is 10.8 Å².